The lowest BCUT2D eigenvalue weighted by Crippen LogP contribution is -2.25. The van der Waals surface area contributed by atoms with E-state index in [1.807, 2.05) is 0 Å². The van der Waals surface area contributed by atoms with Gasteiger partial charge in [0, 0.05) is 25.1 Å². The molecule has 1 aromatic carbocycles. The fourth-order valence-corrected chi connectivity index (χ4v) is 3.66. The van der Waals surface area contributed by atoms with Gasteiger partial charge in [-0.3, -0.25) is 4.79 Å². The van der Waals surface area contributed by atoms with Crippen LogP contribution in [-0.4, -0.2) is 20.9 Å². The summed E-state index contributed by atoms with van der Waals surface area (Å²) < 4.78 is 27.3. The molecule has 0 aromatic heterocycles. The topological polar surface area (TPSA) is 75.3 Å². The van der Waals surface area contributed by atoms with E-state index in [1.165, 1.54) is 6.07 Å². The molecule has 2 N–H and O–H groups in total. The Morgan fingerprint density at radius 1 is 1.22 bits per heavy atom. The number of hydrogen-bond acceptors (Lipinski definition) is 3. The molecule has 23 heavy (non-hydrogen) atoms. The number of hydrogen-bond donors (Lipinski definition) is 2. The lowest BCUT2D eigenvalue weighted by atomic mass is 10.1. The van der Waals surface area contributed by atoms with Gasteiger partial charge in [-0.15, -0.1) is 12.3 Å². The van der Waals surface area contributed by atoms with E-state index in [2.05, 4.69) is 16.0 Å². The maximum atomic E-state index is 12.3. The molecule has 0 saturated heterocycles. The van der Waals surface area contributed by atoms with E-state index in [-0.39, 0.29) is 10.8 Å². The van der Waals surface area contributed by atoms with E-state index in [9.17, 15) is 13.2 Å². The van der Waals surface area contributed by atoms with Gasteiger partial charge >= 0.3 is 0 Å². The van der Waals surface area contributed by atoms with Crippen molar-refractivity contribution in [3.63, 3.8) is 0 Å². The number of terminal acetylenes is 1. The quantitative estimate of drug-likeness (QED) is 0.594. The largest absolute Gasteiger partial charge is 0.326 e. The minimum absolute atomic E-state index is 0.0237. The van der Waals surface area contributed by atoms with Crippen molar-refractivity contribution < 1.29 is 13.2 Å². The zero-order chi connectivity index (χ0) is 16.7. The monoisotopic (exact) mass is 334 g/mol. The predicted molar refractivity (Wildman–Crippen MR) is 90.5 cm³/mol. The number of aryl methyl sites for hydroxylation is 1. The Morgan fingerprint density at radius 2 is 2.04 bits per heavy atom. The van der Waals surface area contributed by atoms with Gasteiger partial charge in [-0.25, -0.2) is 13.1 Å². The Morgan fingerprint density at radius 3 is 2.83 bits per heavy atom. The van der Waals surface area contributed by atoms with Crippen molar-refractivity contribution in [3.05, 3.63) is 23.8 Å². The Hall–Kier alpha value is -1.84. The molecule has 0 radical (unpaired) electrons. The molecule has 124 valence electrons. The first-order valence-electron chi connectivity index (χ1n) is 7.89. The average molecular weight is 334 g/mol. The highest BCUT2D eigenvalue weighted by Gasteiger charge is 2.18. The summed E-state index contributed by atoms with van der Waals surface area (Å²) >= 11 is 0. The Balaban J connectivity index is 1.99. The third-order valence-electron chi connectivity index (χ3n) is 3.80. The number of sulfonamides is 1. The zero-order valence-corrected chi connectivity index (χ0v) is 13.9. The molecule has 0 bridgehead atoms. The molecule has 1 aliphatic rings. The smallest absolute Gasteiger partial charge is 0.240 e. The third kappa shape index (κ3) is 5.08. The Labute approximate surface area is 137 Å². The van der Waals surface area contributed by atoms with Crippen LogP contribution in [0.5, 0.6) is 0 Å². The average Bonchev–Trinajstić information content (AvgIpc) is 2.70. The van der Waals surface area contributed by atoms with Gasteiger partial charge < -0.3 is 5.32 Å². The highest BCUT2D eigenvalue weighted by Crippen LogP contribution is 2.25. The second-order valence-electron chi connectivity index (χ2n) is 5.63. The predicted octanol–water partition coefficient (Wildman–Crippen LogP) is 2.43. The fraction of sp³-hybridized carbons (Fsp3) is 0.471. The summed E-state index contributed by atoms with van der Waals surface area (Å²) in [7, 11) is -3.51. The van der Waals surface area contributed by atoms with E-state index >= 15 is 0 Å². The van der Waals surface area contributed by atoms with Crippen LogP contribution < -0.4 is 10.0 Å². The number of anilines is 1. The van der Waals surface area contributed by atoms with Crippen molar-refractivity contribution in [3.8, 4) is 12.3 Å². The number of nitrogens with one attached hydrogen (secondary N) is 2. The first-order valence-corrected chi connectivity index (χ1v) is 9.37. The van der Waals surface area contributed by atoms with Crippen molar-refractivity contribution in [1.82, 2.24) is 4.72 Å². The van der Waals surface area contributed by atoms with E-state index < -0.39 is 10.0 Å². The molecule has 0 atom stereocenters. The van der Waals surface area contributed by atoms with Crippen LogP contribution in [0.1, 0.15) is 44.1 Å². The second-order valence-corrected chi connectivity index (χ2v) is 7.40. The standard InChI is InChI=1S/C17H22N2O3S/c1-2-3-4-5-6-12-18-23(21,22)15-10-11-16-14(13-15)8-7-9-17(20)19-16/h1,10-11,13,18H,3-9,12H2,(H,19,20). The molecule has 6 heteroatoms. The molecule has 0 aliphatic carbocycles. The van der Waals surface area contributed by atoms with Crippen molar-refractivity contribution in [1.29, 1.82) is 0 Å². The van der Waals surface area contributed by atoms with Crippen LogP contribution in [0.3, 0.4) is 0 Å². The lowest BCUT2D eigenvalue weighted by molar-refractivity contribution is -0.116. The van der Waals surface area contributed by atoms with Gasteiger partial charge in [0.25, 0.3) is 0 Å². The van der Waals surface area contributed by atoms with Crippen LogP contribution in [0.25, 0.3) is 0 Å². The van der Waals surface area contributed by atoms with Crippen LogP contribution in [0.2, 0.25) is 0 Å². The molecule has 1 heterocycles. The molecule has 1 aromatic rings. The van der Waals surface area contributed by atoms with E-state index in [0.29, 0.717) is 25.1 Å². The SMILES string of the molecule is C#CCCCCCNS(=O)(=O)c1ccc2c(c1)CCCC(=O)N2. The van der Waals surface area contributed by atoms with Gasteiger partial charge in [0.2, 0.25) is 15.9 Å². The van der Waals surface area contributed by atoms with Crippen LogP contribution in [-0.2, 0) is 21.2 Å². The van der Waals surface area contributed by atoms with Gasteiger partial charge in [0.1, 0.15) is 0 Å². The summed E-state index contributed by atoms with van der Waals surface area (Å²) in [5.74, 6) is 2.55. The molecule has 2 rings (SSSR count). The van der Waals surface area contributed by atoms with Crippen LogP contribution in [0.15, 0.2) is 23.1 Å². The summed E-state index contributed by atoms with van der Waals surface area (Å²) in [5.41, 5.74) is 1.58. The number of rotatable bonds is 7. The lowest BCUT2D eigenvalue weighted by Gasteiger charge is -2.11. The number of fused-ring (bicyclic) bond motifs is 1. The maximum Gasteiger partial charge on any atom is 0.240 e. The number of unbranched alkanes of at least 4 members (excludes halogenated alkanes) is 3. The van der Waals surface area contributed by atoms with Crippen molar-refractivity contribution in [2.75, 3.05) is 11.9 Å². The molecule has 0 saturated carbocycles. The summed E-state index contributed by atoms with van der Waals surface area (Å²) in [6, 6.07) is 4.85. The van der Waals surface area contributed by atoms with Gasteiger partial charge in [-0.1, -0.05) is 6.42 Å². The molecule has 0 spiro atoms. The van der Waals surface area contributed by atoms with Crippen molar-refractivity contribution in [2.45, 2.75) is 49.8 Å². The minimum atomic E-state index is -3.51. The van der Waals surface area contributed by atoms with Gasteiger partial charge in [-0.05, 0) is 49.4 Å². The summed E-state index contributed by atoms with van der Waals surface area (Å²) in [4.78, 5) is 11.8. The van der Waals surface area contributed by atoms with Crippen molar-refractivity contribution >= 4 is 21.6 Å². The molecule has 0 unspecified atom stereocenters. The highest BCUT2D eigenvalue weighted by molar-refractivity contribution is 7.89. The van der Waals surface area contributed by atoms with E-state index in [1.54, 1.807) is 12.1 Å². The van der Waals surface area contributed by atoms with Crippen LogP contribution >= 0.6 is 0 Å². The number of carbonyl (C=O) groups is 1. The molecule has 5 nitrogen and oxygen atoms in total. The highest BCUT2D eigenvalue weighted by atomic mass is 32.2. The van der Waals surface area contributed by atoms with Crippen LogP contribution in [0, 0.1) is 12.3 Å². The first-order chi connectivity index (χ1) is 11.0. The third-order valence-corrected chi connectivity index (χ3v) is 5.26. The molecule has 0 fully saturated rings. The minimum Gasteiger partial charge on any atom is -0.326 e. The molecule has 1 amide bonds. The molecule has 1 aliphatic heterocycles. The maximum absolute atomic E-state index is 12.3. The number of benzene rings is 1. The Kier molecular flexibility index (Phi) is 6.20. The van der Waals surface area contributed by atoms with E-state index in [0.717, 1.165) is 37.7 Å². The second kappa shape index (κ2) is 8.14. The van der Waals surface area contributed by atoms with Gasteiger partial charge in [-0.2, -0.15) is 0 Å². The normalized spacial score (nSPS) is 14.5. The van der Waals surface area contributed by atoms with E-state index in [4.69, 9.17) is 6.42 Å². The zero-order valence-electron chi connectivity index (χ0n) is 13.1. The summed E-state index contributed by atoms with van der Waals surface area (Å²) in [6.07, 6.45) is 10.4. The fourth-order valence-electron chi connectivity index (χ4n) is 2.54. The summed E-state index contributed by atoms with van der Waals surface area (Å²) in [6.45, 7) is 0.403. The first kappa shape index (κ1) is 17.5. The van der Waals surface area contributed by atoms with Crippen molar-refractivity contribution in [2.24, 2.45) is 0 Å². The number of carbonyl (C=O) groups excluding carboxylic acids is 1. The molecular weight excluding hydrogens is 312 g/mol. The van der Waals surface area contributed by atoms with Gasteiger partial charge in [0.15, 0.2) is 0 Å². The van der Waals surface area contributed by atoms with Crippen LogP contribution in [0.4, 0.5) is 5.69 Å². The summed E-state index contributed by atoms with van der Waals surface area (Å²) in [5, 5.41) is 2.80. The van der Waals surface area contributed by atoms with Gasteiger partial charge in [0.05, 0.1) is 4.90 Å². The number of amides is 1. The molecular formula is C17H22N2O3S. The Bertz CT molecular complexity index is 705.